The number of hydrogen-bond acceptors (Lipinski definition) is 4. The number of methoxy groups -OCH3 is 1. The number of aliphatic hydroxyl groups is 1. The lowest BCUT2D eigenvalue weighted by Gasteiger charge is -2.23. The number of aliphatic hydroxyl groups excluding tert-OH is 1. The molecule has 0 spiro atoms. The number of hydrogen-bond donors (Lipinski definition) is 2. The van der Waals surface area contributed by atoms with Gasteiger partial charge in [-0.1, -0.05) is 11.6 Å². The van der Waals surface area contributed by atoms with Crippen molar-refractivity contribution in [1.82, 2.24) is 4.98 Å². The Kier molecular flexibility index (Phi) is 4.95. The molecule has 2 unspecified atom stereocenters. The summed E-state index contributed by atoms with van der Waals surface area (Å²) in [6.07, 6.45) is 2.57. The predicted octanol–water partition coefficient (Wildman–Crippen LogP) is 2.52. The Hall–Kier alpha value is -1.62. The molecule has 1 aromatic heterocycles. The first-order valence-corrected chi connectivity index (χ1v) is 6.66. The first-order valence-electron chi connectivity index (χ1n) is 6.29. The number of nitrogens with two attached hydrogens (primary N) is 1. The maximum Gasteiger partial charge on any atom is 0.124 e. The Morgan fingerprint density at radius 3 is 2.60 bits per heavy atom. The summed E-state index contributed by atoms with van der Waals surface area (Å²) in [6, 6.07) is 8.85. The highest BCUT2D eigenvalue weighted by Crippen LogP contribution is 2.36. The average molecular weight is 293 g/mol. The molecule has 0 saturated heterocycles. The number of pyridine rings is 1. The smallest absolute Gasteiger partial charge is 0.124 e. The van der Waals surface area contributed by atoms with Crippen LogP contribution in [0.25, 0.3) is 0 Å². The molecular formula is C15H17ClN2O2. The van der Waals surface area contributed by atoms with Crippen molar-refractivity contribution in [2.75, 3.05) is 13.7 Å². The first-order chi connectivity index (χ1) is 9.67. The van der Waals surface area contributed by atoms with Gasteiger partial charge < -0.3 is 15.6 Å². The molecule has 5 heteroatoms. The normalized spacial score (nSPS) is 13.8. The maximum absolute atomic E-state index is 10.6. The predicted molar refractivity (Wildman–Crippen MR) is 79.0 cm³/mol. The highest BCUT2D eigenvalue weighted by molar-refractivity contribution is 6.30. The Morgan fingerprint density at radius 2 is 2.00 bits per heavy atom. The molecule has 0 amide bonds. The minimum Gasteiger partial charge on any atom is -0.496 e. The zero-order valence-corrected chi connectivity index (χ0v) is 11.9. The second-order valence-electron chi connectivity index (χ2n) is 4.45. The van der Waals surface area contributed by atoms with Gasteiger partial charge in [0.1, 0.15) is 5.75 Å². The summed E-state index contributed by atoms with van der Waals surface area (Å²) in [5.74, 6) is 0.347. The molecule has 0 radical (unpaired) electrons. The molecule has 0 saturated carbocycles. The van der Waals surface area contributed by atoms with E-state index >= 15 is 0 Å². The van der Waals surface area contributed by atoms with E-state index in [0.717, 1.165) is 5.56 Å². The minimum atomic E-state index is -0.795. The fraction of sp³-hybridized carbons (Fsp3) is 0.267. The highest BCUT2D eigenvalue weighted by Gasteiger charge is 2.24. The molecule has 2 atom stereocenters. The third-order valence-electron chi connectivity index (χ3n) is 3.28. The van der Waals surface area contributed by atoms with Gasteiger partial charge in [-0.2, -0.15) is 0 Å². The zero-order chi connectivity index (χ0) is 14.5. The van der Waals surface area contributed by atoms with E-state index in [0.29, 0.717) is 22.9 Å². The van der Waals surface area contributed by atoms with Gasteiger partial charge in [0.15, 0.2) is 0 Å². The van der Waals surface area contributed by atoms with Gasteiger partial charge in [0.2, 0.25) is 0 Å². The second-order valence-corrected chi connectivity index (χ2v) is 4.89. The van der Waals surface area contributed by atoms with Crippen LogP contribution in [0.3, 0.4) is 0 Å². The second kappa shape index (κ2) is 6.70. The summed E-state index contributed by atoms with van der Waals surface area (Å²) >= 11 is 6.00. The van der Waals surface area contributed by atoms with Gasteiger partial charge in [-0.05, 0) is 35.9 Å². The molecule has 3 N–H and O–H groups in total. The Labute approximate surface area is 123 Å². The van der Waals surface area contributed by atoms with Gasteiger partial charge in [-0.25, -0.2) is 0 Å². The standard InChI is InChI=1S/C15H17ClN2O2/c1-20-14-3-2-11(16)8-12(14)15(19)13(9-17)10-4-6-18-7-5-10/h2-8,13,15,19H,9,17H2,1H3. The summed E-state index contributed by atoms with van der Waals surface area (Å²) in [5, 5.41) is 11.2. The third-order valence-corrected chi connectivity index (χ3v) is 3.51. The van der Waals surface area contributed by atoms with E-state index in [1.165, 1.54) is 0 Å². The van der Waals surface area contributed by atoms with Gasteiger partial charge in [-0.3, -0.25) is 4.98 Å². The molecule has 1 heterocycles. The lowest BCUT2D eigenvalue weighted by atomic mass is 9.89. The number of rotatable bonds is 5. The number of benzene rings is 1. The van der Waals surface area contributed by atoms with Crippen LogP contribution in [-0.4, -0.2) is 23.7 Å². The molecule has 20 heavy (non-hydrogen) atoms. The highest BCUT2D eigenvalue weighted by atomic mass is 35.5. The fourth-order valence-corrected chi connectivity index (χ4v) is 2.39. The van der Waals surface area contributed by atoms with Gasteiger partial charge in [0.05, 0.1) is 13.2 Å². The molecule has 2 aromatic rings. The van der Waals surface area contributed by atoms with E-state index in [1.807, 2.05) is 12.1 Å². The Bertz CT molecular complexity index is 563. The molecule has 2 rings (SSSR count). The van der Waals surface area contributed by atoms with E-state index in [1.54, 1.807) is 37.7 Å². The van der Waals surface area contributed by atoms with Crippen molar-refractivity contribution in [1.29, 1.82) is 0 Å². The number of halogens is 1. The van der Waals surface area contributed by atoms with E-state index in [2.05, 4.69) is 4.98 Å². The molecule has 0 bridgehead atoms. The summed E-state index contributed by atoms with van der Waals surface area (Å²) in [6.45, 7) is 0.306. The summed E-state index contributed by atoms with van der Waals surface area (Å²) in [5.41, 5.74) is 7.38. The van der Waals surface area contributed by atoms with Gasteiger partial charge >= 0.3 is 0 Å². The van der Waals surface area contributed by atoms with Crippen LogP contribution < -0.4 is 10.5 Å². The summed E-state index contributed by atoms with van der Waals surface area (Å²) in [7, 11) is 1.56. The van der Waals surface area contributed by atoms with Crippen molar-refractivity contribution in [3.63, 3.8) is 0 Å². The molecule has 0 fully saturated rings. The van der Waals surface area contributed by atoms with Gasteiger partial charge in [-0.15, -0.1) is 0 Å². The van der Waals surface area contributed by atoms with Crippen LogP contribution >= 0.6 is 11.6 Å². The number of nitrogens with zero attached hydrogens (tertiary/aromatic N) is 1. The minimum absolute atomic E-state index is 0.245. The maximum atomic E-state index is 10.6. The SMILES string of the molecule is COc1ccc(Cl)cc1C(O)C(CN)c1ccncc1. The topological polar surface area (TPSA) is 68.4 Å². The number of ether oxygens (including phenoxy) is 1. The van der Waals surface area contributed by atoms with Crippen molar-refractivity contribution in [3.05, 3.63) is 58.9 Å². The van der Waals surface area contributed by atoms with E-state index in [9.17, 15) is 5.11 Å². The van der Waals surface area contributed by atoms with Crippen LogP contribution in [0.5, 0.6) is 5.75 Å². The molecule has 4 nitrogen and oxygen atoms in total. The van der Waals surface area contributed by atoms with Crippen LogP contribution in [0.15, 0.2) is 42.7 Å². The zero-order valence-electron chi connectivity index (χ0n) is 11.2. The quantitative estimate of drug-likeness (QED) is 0.888. The van der Waals surface area contributed by atoms with Crippen molar-refractivity contribution in [3.8, 4) is 5.75 Å². The number of aromatic nitrogens is 1. The average Bonchev–Trinajstić information content (AvgIpc) is 2.49. The van der Waals surface area contributed by atoms with Crippen LogP contribution in [0, 0.1) is 0 Å². The van der Waals surface area contributed by atoms with Crippen LogP contribution in [-0.2, 0) is 0 Å². The summed E-state index contributed by atoms with van der Waals surface area (Å²) in [4.78, 5) is 3.97. The molecule has 0 aliphatic rings. The first kappa shape index (κ1) is 14.8. The Balaban J connectivity index is 2.38. The molecular weight excluding hydrogens is 276 g/mol. The molecule has 0 aliphatic carbocycles. The van der Waals surface area contributed by atoms with Gasteiger partial charge in [0, 0.05) is 35.4 Å². The Morgan fingerprint density at radius 1 is 1.30 bits per heavy atom. The van der Waals surface area contributed by atoms with Crippen LogP contribution in [0.2, 0.25) is 5.02 Å². The molecule has 1 aromatic carbocycles. The van der Waals surface area contributed by atoms with E-state index in [4.69, 9.17) is 22.1 Å². The molecule has 0 aliphatic heterocycles. The van der Waals surface area contributed by atoms with E-state index < -0.39 is 6.10 Å². The van der Waals surface area contributed by atoms with E-state index in [-0.39, 0.29) is 5.92 Å². The monoisotopic (exact) mass is 292 g/mol. The van der Waals surface area contributed by atoms with Crippen LogP contribution in [0.1, 0.15) is 23.1 Å². The van der Waals surface area contributed by atoms with Gasteiger partial charge in [0.25, 0.3) is 0 Å². The van der Waals surface area contributed by atoms with Crippen molar-refractivity contribution < 1.29 is 9.84 Å². The van der Waals surface area contributed by atoms with Crippen molar-refractivity contribution >= 4 is 11.6 Å². The molecule has 106 valence electrons. The van der Waals surface area contributed by atoms with Crippen LogP contribution in [0.4, 0.5) is 0 Å². The van der Waals surface area contributed by atoms with Crippen molar-refractivity contribution in [2.24, 2.45) is 5.73 Å². The summed E-state index contributed by atoms with van der Waals surface area (Å²) < 4.78 is 5.28. The largest absolute Gasteiger partial charge is 0.496 e. The van der Waals surface area contributed by atoms with Crippen molar-refractivity contribution in [2.45, 2.75) is 12.0 Å². The third kappa shape index (κ3) is 3.10. The lowest BCUT2D eigenvalue weighted by molar-refractivity contribution is 0.144. The lowest BCUT2D eigenvalue weighted by Crippen LogP contribution is -2.20. The fourth-order valence-electron chi connectivity index (χ4n) is 2.21.